The third-order valence-corrected chi connectivity index (χ3v) is 2.75. The van der Waals surface area contributed by atoms with Gasteiger partial charge in [-0.3, -0.25) is 0 Å². The molecule has 2 rings (SSSR count). The lowest BCUT2D eigenvalue weighted by Crippen LogP contribution is -2.12. The van der Waals surface area contributed by atoms with Crippen LogP contribution in [0.1, 0.15) is 5.56 Å². The molecule has 90 valence electrons. The Morgan fingerprint density at radius 2 is 1.82 bits per heavy atom. The minimum Gasteiger partial charge on any atom is -0.235 e. The molecule has 0 spiro atoms. The van der Waals surface area contributed by atoms with E-state index < -0.39 is 11.7 Å². The van der Waals surface area contributed by atoms with Crippen LogP contribution in [0.5, 0.6) is 0 Å². The van der Waals surface area contributed by atoms with Gasteiger partial charge in [-0.25, -0.2) is 9.67 Å². The summed E-state index contributed by atoms with van der Waals surface area (Å²) in [6.45, 7) is 0. The molecule has 0 unspecified atom stereocenters. The van der Waals surface area contributed by atoms with Crippen LogP contribution in [0.2, 0.25) is 0 Å². The smallest absolute Gasteiger partial charge is 0.235 e. The van der Waals surface area contributed by atoms with Crippen molar-refractivity contribution in [1.29, 1.82) is 0 Å². The Labute approximate surface area is 111 Å². The molecule has 8 heteroatoms. The topological polar surface area (TPSA) is 30.7 Å². The van der Waals surface area contributed by atoms with Crippen LogP contribution in [0.3, 0.4) is 0 Å². The Bertz CT molecular complexity index is 551. The highest BCUT2D eigenvalue weighted by Gasteiger charge is 2.35. The van der Waals surface area contributed by atoms with E-state index in [-0.39, 0.29) is 10.3 Å². The lowest BCUT2D eigenvalue weighted by atomic mass is 10.2. The number of alkyl halides is 3. The van der Waals surface area contributed by atoms with Gasteiger partial charge < -0.3 is 0 Å². The summed E-state index contributed by atoms with van der Waals surface area (Å²) in [6, 6.07) is 0.970. The Balaban J connectivity index is 2.61. The van der Waals surface area contributed by atoms with E-state index in [1.54, 1.807) is 0 Å². The van der Waals surface area contributed by atoms with Crippen LogP contribution in [0.4, 0.5) is 13.2 Å². The van der Waals surface area contributed by atoms with Crippen LogP contribution in [0.15, 0.2) is 33.6 Å². The maximum Gasteiger partial charge on any atom is 0.420 e. The zero-order valence-corrected chi connectivity index (χ0v) is 11.2. The second-order valence-corrected chi connectivity index (χ2v) is 4.96. The molecular formula is C9H4Br2F3N3. The minimum absolute atomic E-state index is 0.258. The molecule has 0 N–H and O–H groups in total. The standard InChI is InChI=1S/C9H4Br2F3N3/c10-5-1-7(9(12,13)14)8(15-2-5)17-4-6(11)3-16-17/h1-4H. The fourth-order valence-electron chi connectivity index (χ4n) is 1.24. The molecule has 0 aromatic carbocycles. The number of hydrogen-bond acceptors (Lipinski definition) is 2. The van der Waals surface area contributed by atoms with E-state index in [9.17, 15) is 13.2 Å². The predicted molar refractivity (Wildman–Crippen MR) is 61.8 cm³/mol. The van der Waals surface area contributed by atoms with Crippen LogP contribution < -0.4 is 0 Å². The maximum atomic E-state index is 12.8. The SMILES string of the molecule is FC(F)(F)c1cc(Br)cnc1-n1cc(Br)cn1. The Kier molecular flexibility index (Phi) is 3.26. The van der Waals surface area contributed by atoms with Gasteiger partial charge in [-0.15, -0.1) is 0 Å². The van der Waals surface area contributed by atoms with Gasteiger partial charge in [0.05, 0.1) is 10.7 Å². The van der Waals surface area contributed by atoms with Crippen molar-refractivity contribution in [2.75, 3.05) is 0 Å². The molecule has 2 aromatic rings. The number of halogens is 5. The third kappa shape index (κ3) is 2.68. The number of hydrogen-bond donors (Lipinski definition) is 0. The van der Waals surface area contributed by atoms with E-state index >= 15 is 0 Å². The first-order chi connectivity index (χ1) is 7.88. The predicted octanol–water partition coefficient (Wildman–Crippen LogP) is 3.81. The van der Waals surface area contributed by atoms with Crippen molar-refractivity contribution in [1.82, 2.24) is 14.8 Å². The Morgan fingerprint density at radius 3 is 2.35 bits per heavy atom. The van der Waals surface area contributed by atoms with E-state index in [2.05, 4.69) is 41.9 Å². The average molecular weight is 371 g/mol. The molecule has 0 aliphatic rings. The molecule has 0 aliphatic carbocycles. The summed E-state index contributed by atoms with van der Waals surface area (Å²) in [5.74, 6) is -0.258. The highest BCUT2D eigenvalue weighted by atomic mass is 79.9. The summed E-state index contributed by atoms with van der Waals surface area (Å²) in [5, 5.41) is 3.78. The van der Waals surface area contributed by atoms with Gasteiger partial charge in [0.2, 0.25) is 0 Å². The van der Waals surface area contributed by atoms with Crippen LogP contribution in [-0.2, 0) is 6.18 Å². The number of rotatable bonds is 1. The van der Waals surface area contributed by atoms with Gasteiger partial charge in [-0.2, -0.15) is 18.3 Å². The molecule has 0 bridgehead atoms. The van der Waals surface area contributed by atoms with E-state index in [0.29, 0.717) is 4.47 Å². The first-order valence-corrected chi connectivity index (χ1v) is 5.90. The van der Waals surface area contributed by atoms with Crippen molar-refractivity contribution in [3.63, 3.8) is 0 Å². The van der Waals surface area contributed by atoms with Crippen molar-refractivity contribution in [2.24, 2.45) is 0 Å². The van der Waals surface area contributed by atoms with Crippen molar-refractivity contribution in [3.05, 3.63) is 39.2 Å². The molecule has 17 heavy (non-hydrogen) atoms. The lowest BCUT2D eigenvalue weighted by molar-refractivity contribution is -0.137. The summed E-state index contributed by atoms with van der Waals surface area (Å²) < 4.78 is 40.3. The number of pyridine rings is 1. The van der Waals surface area contributed by atoms with Gasteiger partial charge in [0, 0.05) is 16.9 Å². The molecule has 3 nitrogen and oxygen atoms in total. The van der Waals surface area contributed by atoms with Crippen molar-refractivity contribution < 1.29 is 13.2 Å². The quantitative estimate of drug-likeness (QED) is 0.764. The van der Waals surface area contributed by atoms with E-state index in [0.717, 1.165) is 10.7 Å². The van der Waals surface area contributed by atoms with Gasteiger partial charge in [0.25, 0.3) is 0 Å². The average Bonchev–Trinajstić information content (AvgIpc) is 2.63. The van der Waals surface area contributed by atoms with E-state index in [1.807, 2.05) is 0 Å². The largest absolute Gasteiger partial charge is 0.420 e. The van der Waals surface area contributed by atoms with E-state index in [4.69, 9.17) is 0 Å². The Morgan fingerprint density at radius 1 is 1.12 bits per heavy atom. The zero-order chi connectivity index (χ0) is 12.6. The summed E-state index contributed by atoms with van der Waals surface area (Å²) in [4.78, 5) is 3.74. The van der Waals surface area contributed by atoms with Crippen LogP contribution in [-0.4, -0.2) is 14.8 Å². The fraction of sp³-hybridized carbons (Fsp3) is 0.111. The molecule has 0 saturated carbocycles. The van der Waals surface area contributed by atoms with Gasteiger partial charge in [0.1, 0.15) is 5.56 Å². The Hall–Kier alpha value is -0.890. The number of nitrogens with zero attached hydrogens (tertiary/aromatic N) is 3. The molecule has 0 saturated heterocycles. The highest BCUT2D eigenvalue weighted by molar-refractivity contribution is 9.10. The van der Waals surface area contributed by atoms with Crippen LogP contribution in [0, 0.1) is 0 Å². The maximum absolute atomic E-state index is 12.8. The third-order valence-electron chi connectivity index (χ3n) is 1.91. The molecule has 0 fully saturated rings. The zero-order valence-electron chi connectivity index (χ0n) is 8.04. The summed E-state index contributed by atoms with van der Waals surface area (Å²) in [7, 11) is 0. The van der Waals surface area contributed by atoms with Crippen LogP contribution in [0.25, 0.3) is 5.82 Å². The molecule has 0 radical (unpaired) electrons. The first kappa shape index (κ1) is 12.6. The summed E-state index contributed by atoms with van der Waals surface area (Å²) in [5.41, 5.74) is -0.845. The summed E-state index contributed by atoms with van der Waals surface area (Å²) >= 11 is 6.08. The van der Waals surface area contributed by atoms with Gasteiger partial charge in [0.15, 0.2) is 5.82 Å². The lowest BCUT2D eigenvalue weighted by Gasteiger charge is -2.11. The van der Waals surface area contributed by atoms with Crippen molar-refractivity contribution >= 4 is 31.9 Å². The number of aromatic nitrogens is 3. The molecule has 0 atom stereocenters. The van der Waals surface area contributed by atoms with Crippen molar-refractivity contribution in [2.45, 2.75) is 6.18 Å². The van der Waals surface area contributed by atoms with Crippen LogP contribution >= 0.6 is 31.9 Å². The second kappa shape index (κ2) is 4.41. The minimum atomic E-state index is -4.48. The first-order valence-electron chi connectivity index (χ1n) is 4.31. The normalized spacial score (nSPS) is 11.8. The van der Waals surface area contributed by atoms with Gasteiger partial charge in [-0.05, 0) is 37.9 Å². The monoisotopic (exact) mass is 369 g/mol. The molecule has 0 amide bonds. The molecule has 0 aliphatic heterocycles. The van der Waals surface area contributed by atoms with E-state index in [1.165, 1.54) is 18.6 Å². The molecule has 2 aromatic heterocycles. The summed E-state index contributed by atoms with van der Waals surface area (Å²) in [6.07, 6.45) is -0.389. The second-order valence-electron chi connectivity index (χ2n) is 3.13. The fourth-order valence-corrected chi connectivity index (χ4v) is 1.86. The van der Waals surface area contributed by atoms with Gasteiger partial charge >= 0.3 is 6.18 Å². The van der Waals surface area contributed by atoms with Crippen molar-refractivity contribution in [3.8, 4) is 5.82 Å². The highest BCUT2D eigenvalue weighted by Crippen LogP contribution is 2.34. The van der Waals surface area contributed by atoms with Gasteiger partial charge in [-0.1, -0.05) is 0 Å². The molecular weight excluding hydrogens is 367 g/mol. The molecule has 2 heterocycles.